The molecule has 4 aromatic heterocycles. The molecule has 0 bridgehead atoms. The molecule has 0 amide bonds. The first-order chi connectivity index (χ1) is 34.2. The Kier molecular flexibility index (Phi) is 8.79. The predicted octanol–water partition coefficient (Wildman–Crippen LogP) is 16.3. The van der Waals surface area contributed by atoms with Gasteiger partial charge in [0.1, 0.15) is 11.2 Å². The second kappa shape index (κ2) is 15.6. The number of rotatable bonds is 7. The molecule has 10 aromatic carbocycles. The summed E-state index contributed by atoms with van der Waals surface area (Å²) in [5.74, 6) is 1.65. The van der Waals surface area contributed by atoms with Crippen LogP contribution in [-0.4, -0.2) is 24.1 Å². The Bertz CT molecular complexity index is 4280. The molecular weight excluding hydrogens is 843 g/mol. The van der Waals surface area contributed by atoms with E-state index in [4.69, 9.17) is 19.4 Å². The summed E-state index contributed by atoms with van der Waals surface area (Å²) < 4.78 is 11.3. The van der Waals surface area contributed by atoms with Gasteiger partial charge in [0, 0.05) is 49.1 Å². The minimum atomic E-state index is 0.525. The number of hydrogen-bond donors (Lipinski definition) is 0. The molecule has 6 heteroatoms. The number of nitrogens with zero attached hydrogens (tertiary/aromatic N) is 5. The largest absolute Gasteiger partial charge is 0.456 e. The second-order valence-corrected chi connectivity index (χ2v) is 17.6. The van der Waals surface area contributed by atoms with Crippen LogP contribution in [0.25, 0.3) is 133 Å². The molecular formula is C63H39N5O. The Morgan fingerprint density at radius 2 is 0.870 bits per heavy atom. The average Bonchev–Trinajstić information content (AvgIpc) is 4.09. The molecule has 0 fully saturated rings. The summed E-state index contributed by atoms with van der Waals surface area (Å²) in [4.78, 5) is 16.0. The quantitative estimate of drug-likeness (QED) is 0.160. The van der Waals surface area contributed by atoms with Gasteiger partial charge in [0.2, 0.25) is 5.95 Å². The van der Waals surface area contributed by atoms with Crippen molar-refractivity contribution in [3.8, 4) is 67.8 Å². The van der Waals surface area contributed by atoms with Crippen molar-refractivity contribution in [2.75, 3.05) is 0 Å². The van der Waals surface area contributed by atoms with Gasteiger partial charge in [-0.25, -0.2) is 4.98 Å². The van der Waals surface area contributed by atoms with Crippen LogP contribution in [0.4, 0.5) is 0 Å². The monoisotopic (exact) mass is 881 g/mol. The molecule has 0 N–H and O–H groups in total. The maximum absolute atomic E-state index is 6.63. The summed E-state index contributed by atoms with van der Waals surface area (Å²) in [7, 11) is 0. The van der Waals surface area contributed by atoms with Crippen LogP contribution in [0.1, 0.15) is 0 Å². The maximum atomic E-state index is 6.63. The Balaban J connectivity index is 1.01. The van der Waals surface area contributed by atoms with Crippen molar-refractivity contribution in [1.82, 2.24) is 24.1 Å². The van der Waals surface area contributed by atoms with Crippen LogP contribution < -0.4 is 0 Å². The molecule has 322 valence electrons. The van der Waals surface area contributed by atoms with Gasteiger partial charge >= 0.3 is 0 Å². The van der Waals surface area contributed by atoms with Crippen LogP contribution in [0.3, 0.4) is 0 Å². The van der Waals surface area contributed by atoms with Crippen molar-refractivity contribution >= 4 is 65.6 Å². The molecule has 0 aliphatic heterocycles. The standard InChI is InChI=1S/C63H39N5O/c1-4-16-40(17-5-1)42-30-32-44(33-31-42)61-64-62(46-34-35-52-57(39-46)69-56-29-15-26-48(58(52)56)43-20-8-3-9-21-43)66-63(65-61)68-54-28-13-11-25-51(54)59-55(68)37-36-50-49-24-10-12-27-53(49)67(60(50)59)47-23-14-22-45(38-47)41-18-6-2-7-19-41/h1-39H. The van der Waals surface area contributed by atoms with Gasteiger partial charge in [-0.1, -0.05) is 188 Å². The molecule has 0 unspecified atom stereocenters. The van der Waals surface area contributed by atoms with Gasteiger partial charge in [0.05, 0.1) is 22.1 Å². The number of aromatic nitrogens is 5. The Hall–Kier alpha value is -9.39. The molecule has 14 rings (SSSR count). The zero-order valence-electron chi connectivity index (χ0n) is 37.2. The van der Waals surface area contributed by atoms with E-state index in [1.165, 1.54) is 16.3 Å². The molecule has 0 saturated heterocycles. The highest BCUT2D eigenvalue weighted by atomic mass is 16.3. The topological polar surface area (TPSA) is 61.7 Å². The molecule has 0 aliphatic carbocycles. The third kappa shape index (κ3) is 6.30. The van der Waals surface area contributed by atoms with Crippen molar-refractivity contribution in [3.05, 3.63) is 237 Å². The summed E-state index contributed by atoms with van der Waals surface area (Å²) in [5.41, 5.74) is 15.6. The average molecular weight is 882 g/mol. The number of para-hydroxylation sites is 2. The van der Waals surface area contributed by atoms with Gasteiger partial charge in [-0.05, 0) is 81.9 Å². The first-order valence-electron chi connectivity index (χ1n) is 23.3. The highest BCUT2D eigenvalue weighted by molar-refractivity contribution is 6.26. The first kappa shape index (κ1) is 38.8. The van der Waals surface area contributed by atoms with E-state index in [9.17, 15) is 0 Å². The van der Waals surface area contributed by atoms with Crippen LogP contribution in [0.5, 0.6) is 0 Å². The van der Waals surface area contributed by atoms with E-state index in [0.717, 1.165) is 99.4 Å². The van der Waals surface area contributed by atoms with Crippen LogP contribution in [0, 0.1) is 0 Å². The molecule has 69 heavy (non-hydrogen) atoms. The minimum Gasteiger partial charge on any atom is -0.456 e. The molecule has 0 radical (unpaired) electrons. The highest BCUT2D eigenvalue weighted by Crippen LogP contribution is 2.43. The van der Waals surface area contributed by atoms with Gasteiger partial charge in [0.15, 0.2) is 11.6 Å². The summed E-state index contributed by atoms with van der Waals surface area (Å²) in [6.07, 6.45) is 0. The highest BCUT2D eigenvalue weighted by Gasteiger charge is 2.24. The van der Waals surface area contributed by atoms with Gasteiger partial charge in [-0.2, -0.15) is 9.97 Å². The molecule has 0 aliphatic rings. The molecule has 14 aromatic rings. The molecule has 0 spiro atoms. The van der Waals surface area contributed by atoms with Crippen LogP contribution in [-0.2, 0) is 0 Å². The lowest BCUT2D eigenvalue weighted by Gasteiger charge is -2.12. The summed E-state index contributed by atoms with van der Waals surface area (Å²) >= 11 is 0. The van der Waals surface area contributed by atoms with Gasteiger partial charge in [-0.15, -0.1) is 0 Å². The summed E-state index contributed by atoms with van der Waals surface area (Å²) in [6.45, 7) is 0. The summed E-state index contributed by atoms with van der Waals surface area (Å²) in [5, 5.41) is 6.72. The lowest BCUT2D eigenvalue weighted by atomic mass is 9.99. The molecule has 0 atom stereocenters. The van der Waals surface area contributed by atoms with E-state index >= 15 is 0 Å². The van der Waals surface area contributed by atoms with Crippen LogP contribution in [0.2, 0.25) is 0 Å². The van der Waals surface area contributed by atoms with E-state index in [1.54, 1.807) is 0 Å². The fourth-order valence-electron chi connectivity index (χ4n) is 10.4. The zero-order valence-corrected chi connectivity index (χ0v) is 37.2. The minimum absolute atomic E-state index is 0.525. The second-order valence-electron chi connectivity index (χ2n) is 17.6. The van der Waals surface area contributed by atoms with Gasteiger partial charge in [0.25, 0.3) is 0 Å². The lowest BCUT2D eigenvalue weighted by Crippen LogP contribution is -2.06. The van der Waals surface area contributed by atoms with E-state index in [1.807, 2.05) is 18.2 Å². The fourth-order valence-corrected chi connectivity index (χ4v) is 10.4. The van der Waals surface area contributed by atoms with Gasteiger partial charge < -0.3 is 8.98 Å². The summed E-state index contributed by atoms with van der Waals surface area (Å²) in [6, 6.07) is 83.3. The number of benzene rings is 10. The first-order valence-corrected chi connectivity index (χ1v) is 23.3. The Labute approximate surface area is 396 Å². The molecule has 4 heterocycles. The van der Waals surface area contributed by atoms with Crippen molar-refractivity contribution < 1.29 is 4.42 Å². The van der Waals surface area contributed by atoms with Crippen molar-refractivity contribution in [2.24, 2.45) is 0 Å². The van der Waals surface area contributed by atoms with Crippen LogP contribution >= 0.6 is 0 Å². The smallest absolute Gasteiger partial charge is 0.238 e. The Morgan fingerprint density at radius 1 is 0.304 bits per heavy atom. The lowest BCUT2D eigenvalue weighted by molar-refractivity contribution is 0.669. The van der Waals surface area contributed by atoms with Crippen molar-refractivity contribution in [3.63, 3.8) is 0 Å². The van der Waals surface area contributed by atoms with E-state index < -0.39 is 0 Å². The predicted molar refractivity (Wildman–Crippen MR) is 283 cm³/mol. The normalized spacial score (nSPS) is 11.8. The fraction of sp³-hybridized carbons (Fsp3) is 0. The third-order valence-electron chi connectivity index (χ3n) is 13.6. The van der Waals surface area contributed by atoms with E-state index in [0.29, 0.717) is 17.6 Å². The third-order valence-corrected chi connectivity index (χ3v) is 13.6. The SMILES string of the molecule is c1ccc(-c2ccc(-c3nc(-c4ccc5c(c4)oc4cccc(-c6ccccc6)c45)nc(-n4c5ccccc5c5c4ccc4c6ccccc6n(-c6cccc(-c7ccccc7)c6)c45)n3)cc2)cc1. The molecule has 6 nitrogen and oxygen atoms in total. The maximum Gasteiger partial charge on any atom is 0.238 e. The molecule has 0 saturated carbocycles. The van der Waals surface area contributed by atoms with Crippen molar-refractivity contribution in [2.45, 2.75) is 0 Å². The van der Waals surface area contributed by atoms with Gasteiger partial charge in [-0.3, -0.25) is 4.57 Å². The van der Waals surface area contributed by atoms with Crippen LogP contribution in [0.15, 0.2) is 241 Å². The van der Waals surface area contributed by atoms with Crippen molar-refractivity contribution in [1.29, 1.82) is 0 Å². The zero-order chi connectivity index (χ0) is 45.4. The Morgan fingerprint density at radius 3 is 1.62 bits per heavy atom. The van der Waals surface area contributed by atoms with E-state index in [2.05, 4.69) is 228 Å². The van der Waals surface area contributed by atoms with E-state index in [-0.39, 0.29) is 0 Å². The number of hydrogen-bond acceptors (Lipinski definition) is 4. The number of fused-ring (bicyclic) bond motifs is 10. The number of furan rings is 1.